The van der Waals surface area contributed by atoms with E-state index in [-0.39, 0.29) is 0 Å². The van der Waals surface area contributed by atoms with Crippen LogP contribution in [0.4, 0.5) is 0 Å². The average Bonchev–Trinajstić information content (AvgIpc) is 3.10. The average molecular weight is 253 g/mol. The topological polar surface area (TPSA) is 27.7 Å². The van der Waals surface area contributed by atoms with Crippen molar-refractivity contribution in [1.82, 2.24) is 15.1 Å². The molecule has 1 saturated carbocycles. The van der Waals surface area contributed by atoms with Crippen molar-refractivity contribution >= 4 is 0 Å². The van der Waals surface area contributed by atoms with Gasteiger partial charge in [-0.25, -0.2) is 0 Å². The van der Waals surface area contributed by atoms with Crippen LogP contribution in [-0.4, -0.2) is 74.4 Å². The van der Waals surface area contributed by atoms with Crippen LogP contribution in [-0.2, 0) is 4.74 Å². The Morgan fingerprint density at radius 2 is 1.67 bits per heavy atom. The summed E-state index contributed by atoms with van der Waals surface area (Å²) in [5.41, 5.74) is 0. The molecule has 1 unspecified atom stereocenters. The molecule has 0 aromatic heterocycles. The van der Waals surface area contributed by atoms with Gasteiger partial charge in [-0.1, -0.05) is 0 Å². The van der Waals surface area contributed by atoms with E-state index in [0.29, 0.717) is 0 Å². The van der Waals surface area contributed by atoms with Gasteiger partial charge in [-0.2, -0.15) is 0 Å². The molecule has 1 aliphatic carbocycles. The third-order valence-electron chi connectivity index (χ3n) is 4.37. The third-order valence-corrected chi connectivity index (χ3v) is 4.37. The molecule has 3 fully saturated rings. The SMILES string of the molecule is C(CN1CCOCC1)CN1CCC(NC2CC2)C1. The van der Waals surface area contributed by atoms with E-state index < -0.39 is 0 Å². The third kappa shape index (κ3) is 3.92. The summed E-state index contributed by atoms with van der Waals surface area (Å²) in [5.74, 6) is 0. The van der Waals surface area contributed by atoms with Gasteiger partial charge in [0.15, 0.2) is 0 Å². The van der Waals surface area contributed by atoms with Crippen molar-refractivity contribution in [1.29, 1.82) is 0 Å². The Kier molecular flexibility index (Phi) is 4.52. The molecule has 4 nitrogen and oxygen atoms in total. The fourth-order valence-electron chi connectivity index (χ4n) is 3.10. The van der Waals surface area contributed by atoms with Crippen molar-refractivity contribution in [2.24, 2.45) is 0 Å². The van der Waals surface area contributed by atoms with Crippen molar-refractivity contribution in [2.75, 3.05) is 52.5 Å². The summed E-state index contributed by atoms with van der Waals surface area (Å²) in [5, 5.41) is 3.75. The monoisotopic (exact) mass is 253 g/mol. The van der Waals surface area contributed by atoms with Crippen LogP contribution >= 0.6 is 0 Å². The first-order valence-electron chi connectivity index (χ1n) is 7.69. The standard InChI is InChI=1S/C14H27N3O/c1(5-16-8-10-18-11-9-16)6-17-7-4-14(12-17)15-13-2-3-13/h13-15H,1-12H2. The largest absolute Gasteiger partial charge is 0.379 e. The Labute approximate surface area is 111 Å². The van der Waals surface area contributed by atoms with Crippen molar-refractivity contribution in [3.05, 3.63) is 0 Å². The molecule has 18 heavy (non-hydrogen) atoms. The van der Waals surface area contributed by atoms with Crippen LogP contribution in [0.5, 0.6) is 0 Å². The minimum absolute atomic E-state index is 0.779. The minimum Gasteiger partial charge on any atom is -0.379 e. The fraction of sp³-hybridized carbons (Fsp3) is 1.00. The molecule has 0 aromatic carbocycles. The van der Waals surface area contributed by atoms with Gasteiger partial charge in [0.05, 0.1) is 13.2 Å². The molecule has 2 heterocycles. The smallest absolute Gasteiger partial charge is 0.0594 e. The summed E-state index contributed by atoms with van der Waals surface area (Å²) in [6.07, 6.45) is 5.49. The number of hydrogen-bond donors (Lipinski definition) is 1. The molecule has 3 aliphatic rings. The molecular weight excluding hydrogens is 226 g/mol. The highest BCUT2D eigenvalue weighted by atomic mass is 16.5. The predicted octanol–water partition coefficient (Wildman–Crippen LogP) is 0.535. The fourth-order valence-corrected chi connectivity index (χ4v) is 3.10. The van der Waals surface area contributed by atoms with E-state index in [1.54, 1.807) is 0 Å². The quantitative estimate of drug-likeness (QED) is 0.747. The van der Waals surface area contributed by atoms with E-state index in [0.717, 1.165) is 38.4 Å². The van der Waals surface area contributed by atoms with Gasteiger partial charge in [0.2, 0.25) is 0 Å². The Morgan fingerprint density at radius 1 is 0.889 bits per heavy atom. The number of likely N-dealkylation sites (tertiary alicyclic amines) is 1. The Morgan fingerprint density at radius 3 is 2.44 bits per heavy atom. The maximum atomic E-state index is 5.38. The van der Waals surface area contributed by atoms with Gasteiger partial charge in [0, 0.05) is 31.7 Å². The lowest BCUT2D eigenvalue weighted by molar-refractivity contribution is 0.0364. The van der Waals surface area contributed by atoms with E-state index in [4.69, 9.17) is 4.74 Å². The molecule has 2 saturated heterocycles. The second-order valence-electron chi connectivity index (χ2n) is 6.03. The highest BCUT2D eigenvalue weighted by Crippen LogP contribution is 2.21. The van der Waals surface area contributed by atoms with Crippen molar-refractivity contribution in [2.45, 2.75) is 37.8 Å². The van der Waals surface area contributed by atoms with Gasteiger partial charge in [-0.05, 0) is 45.3 Å². The molecule has 1 N–H and O–H groups in total. The predicted molar refractivity (Wildman–Crippen MR) is 72.9 cm³/mol. The highest BCUT2D eigenvalue weighted by molar-refractivity contribution is 4.89. The van der Waals surface area contributed by atoms with Crippen LogP contribution in [0.25, 0.3) is 0 Å². The summed E-state index contributed by atoms with van der Waals surface area (Å²) in [6.45, 7) is 9.22. The summed E-state index contributed by atoms with van der Waals surface area (Å²) >= 11 is 0. The van der Waals surface area contributed by atoms with Crippen LogP contribution < -0.4 is 5.32 Å². The molecule has 0 aromatic rings. The number of rotatable bonds is 6. The molecule has 104 valence electrons. The van der Waals surface area contributed by atoms with Gasteiger partial charge in [0.1, 0.15) is 0 Å². The van der Waals surface area contributed by atoms with Gasteiger partial charge < -0.3 is 15.0 Å². The maximum absolute atomic E-state index is 5.38. The van der Waals surface area contributed by atoms with Crippen molar-refractivity contribution in [3.63, 3.8) is 0 Å². The summed E-state index contributed by atoms with van der Waals surface area (Å²) in [6, 6.07) is 1.64. The molecule has 0 bridgehead atoms. The number of hydrogen-bond acceptors (Lipinski definition) is 4. The zero-order chi connectivity index (χ0) is 12.2. The number of nitrogens with one attached hydrogen (secondary N) is 1. The lowest BCUT2D eigenvalue weighted by Gasteiger charge is -2.27. The number of nitrogens with zero attached hydrogens (tertiary/aromatic N) is 2. The van der Waals surface area contributed by atoms with Crippen LogP contribution in [0.2, 0.25) is 0 Å². The second kappa shape index (κ2) is 6.33. The summed E-state index contributed by atoms with van der Waals surface area (Å²) in [7, 11) is 0. The first-order chi connectivity index (χ1) is 8.90. The number of ether oxygens (including phenoxy) is 1. The molecular formula is C14H27N3O. The Balaban J connectivity index is 1.26. The van der Waals surface area contributed by atoms with Crippen LogP contribution in [0.1, 0.15) is 25.7 Å². The Bertz CT molecular complexity index is 251. The first kappa shape index (κ1) is 12.9. The summed E-state index contributed by atoms with van der Waals surface area (Å²) < 4.78 is 5.38. The van der Waals surface area contributed by atoms with Gasteiger partial charge >= 0.3 is 0 Å². The molecule has 0 spiro atoms. The van der Waals surface area contributed by atoms with Gasteiger partial charge in [0.25, 0.3) is 0 Å². The normalized spacial score (nSPS) is 31.0. The second-order valence-corrected chi connectivity index (χ2v) is 6.03. The molecule has 0 radical (unpaired) electrons. The van der Waals surface area contributed by atoms with E-state index in [1.165, 1.54) is 51.9 Å². The van der Waals surface area contributed by atoms with Crippen LogP contribution in [0.3, 0.4) is 0 Å². The zero-order valence-corrected chi connectivity index (χ0v) is 11.4. The van der Waals surface area contributed by atoms with E-state index in [2.05, 4.69) is 15.1 Å². The van der Waals surface area contributed by atoms with E-state index >= 15 is 0 Å². The van der Waals surface area contributed by atoms with E-state index in [9.17, 15) is 0 Å². The number of morpholine rings is 1. The van der Waals surface area contributed by atoms with Crippen LogP contribution in [0.15, 0.2) is 0 Å². The first-order valence-corrected chi connectivity index (χ1v) is 7.69. The molecule has 2 aliphatic heterocycles. The molecule has 1 atom stereocenters. The lowest BCUT2D eigenvalue weighted by Crippen LogP contribution is -2.38. The molecule has 0 amide bonds. The zero-order valence-electron chi connectivity index (χ0n) is 11.4. The highest BCUT2D eigenvalue weighted by Gasteiger charge is 2.28. The maximum Gasteiger partial charge on any atom is 0.0594 e. The van der Waals surface area contributed by atoms with Crippen molar-refractivity contribution < 1.29 is 4.74 Å². The summed E-state index contributed by atoms with van der Waals surface area (Å²) in [4.78, 5) is 5.18. The van der Waals surface area contributed by atoms with Crippen molar-refractivity contribution in [3.8, 4) is 0 Å². The molecule has 3 rings (SSSR count). The van der Waals surface area contributed by atoms with Crippen LogP contribution in [0, 0.1) is 0 Å². The lowest BCUT2D eigenvalue weighted by atomic mass is 10.2. The molecule has 4 heteroatoms. The van der Waals surface area contributed by atoms with Gasteiger partial charge in [-0.3, -0.25) is 4.90 Å². The van der Waals surface area contributed by atoms with E-state index in [1.807, 2.05) is 0 Å². The minimum atomic E-state index is 0.779. The van der Waals surface area contributed by atoms with Gasteiger partial charge in [-0.15, -0.1) is 0 Å². The Hall–Kier alpha value is -0.160.